The largest absolute Gasteiger partial charge is 0.467 e. The van der Waals surface area contributed by atoms with E-state index in [0.29, 0.717) is 21.6 Å². The number of carbonyl (C=O) groups is 1. The average Bonchev–Trinajstić information content (AvgIpc) is 3.54. The van der Waals surface area contributed by atoms with Gasteiger partial charge in [-0.05, 0) is 65.4 Å². The number of para-hydroxylation sites is 1. The van der Waals surface area contributed by atoms with E-state index in [4.69, 9.17) is 9.15 Å². The molecular formula is C30H23N3O3S. The van der Waals surface area contributed by atoms with Crippen LogP contribution in [0.2, 0.25) is 0 Å². The zero-order valence-electron chi connectivity index (χ0n) is 19.8. The fourth-order valence-electron chi connectivity index (χ4n) is 3.53. The van der Waals surface area contributed by atoms with Crippen molar-refractivity contribution in [1.29, 1.82) is 0 Å². The number of nitrogens with zero attached hydrogens (tertiary/aromatic N) is 3. The van der Waals surface area contributed by atoms with E-state index in [1.54, 1.807) is 29.5 Å². The lowest BCUT2D eigenvalue weighted by Gasteiger charge is -2.12. The summed E-state index contributed by atoms with van der Waals surface area (Å²) in [7, 11) is 0. The van der Waals surface area contributed by atoms with Crippen molar-refractivity contribution in [2.75, 3.05) is 0 Å². The predicted octanol–water partition coefficient (Wildman–Crippen LogP) is 7.13. The summed E-state index contributed by atoms with van der Waals surface area (Å²) in [6.45, 7) is 0.271. The van der Waals surface area contributed by atoms with Gasteiger partial charge in [-0.25, -0.2) is 0 Å². The van der Waals surface area contributed by atoms with Gasteiger partial charge in [0.1, 0.15) is 17.3 Å². The standard InChI is InChI=1S/C30H23N3O3S/c34-29-28(18-8-12-23-10-3-1-4-11-23)37-30(33(29)22-27-17-9-19-35-27)32-31-21-24-13-7-16-26(20-24)36-25-14-5-2-6-15-25/h1-21H,22H2/b12-8+,28-18-,31-21-,32-30+. The molecular weight excluding hydrogens is 482 g/mol. The first-order valence-electron chi connectivity index (χ1n) is 11.6. The van der Waals surface area contributed by atoms with E-state index < -0.39 is 0 Å². The molecule has 37 heavy (non-hydrogen) atoms. The fourth-order valence-corrected chi connectivity index (χ4v) is 4.42. The van der Waals surface area contributed by atoms with Gasteiger partial charge in [-0.3, -0.25) is 9.69 Å². The summed E-state index contributed by atoms with van der Waals surface area (Å²) in [4.78, 5) is 15.3. The van der Waals surface area contributed by atoms with Crippen molar-refractivity contribution in [3.63, 3.8) is 0 Å². The van der Waals surface area contributed by atoms with Crippen molar-refractivity contribution in [1.82, 2.24) is 4.90 Å². The Morgan fingerprint density at radius 3 is 2.41 bits per heavy atom. The number of amidine groups is 1. The minimum Gasteiger partial charge on any atom is -0.467 e. The molecule has 0 atom stereocenters. The number of ether oxygens (including phenoxy) is 1. The molecule has 7 heteroatoms. The van der Waals surface area contributed by atoms with Crippen LogP contribution >= 0.6 is 11.8 Å². The van der Waals surface area contributed by atoms with Gasteiger partial charge in [0.15, 0.2) is 5.17 Å². The van der Waals surface area contributed by atoms with Crippen molar-refractivity contribution in [3.8, 4) is 11.5 Å². The molecule has 4 aromatic rings. The first kappa shape index (κ1) is 24.1. The molecule has 1 aliphatic rings. The predicted molar refractivity (Wildman–Crippen MR) is 148 cm³/mol. The molecule has 0 radical (unpaired) electrons. The van der Waals surface area contributed by atoms with Gasteiger partial charge in [-0.2, -0.15) is 5.10 Å². The number of rotatable bonds is 8. The molecule has 0 N–H and O–H groups in total. The first-order chi connectivity index (χ1) is 18.2. The van der Waals surface area contributed by atoms with Crippen molar-refractivity contribution < 1.29 is 13.9 Å². The molecule has 2 heterocycles. The van der Waals surface area contributed by atoms with E-state index in [2.05, 4.69) is 10.2 Å². The normalized spacial score (nSPS) is 16.0. The number of thioether (sulfide) groups is 1. The molecule has 182 valence electrons. The van der Waals surface area contributed by atoms with Gasteiger partial charge in [0.2, 0.25) is 0 Å². The Morgan fingerprint density at radius 1 is 0.865 bits per heavy atom. The Hall–Kier alpha value is -4.62. The number of furan rings is 1. The van der Waals surface area contributed by atoms with Crippen molar-refractivity contribution in [2.45, 2.75) is 6.54 Å². The lowest BCUT2D eigenvalue weighted by Crippen LogP contribution is -2.28. The molecule has 5 rings (SSSR count). The summed E-state index contributed by atoms with van der Waals surface area (Å²) >= 11 is 1.28. The highest BCUT2D eigenvalue weighted by Gasteiger charge is 2.33. The van der Waals surface area contributed by atoms with Crippen LogP contribution in [0.25, 0.3) is 6.08 Å². The average molecular weight is 506 g/mol. The summed E-state index contributed by atoms with van der Waals surface area (Å²) in [5, 5.41) is 9.11. The quantitative estimate of drug-likeness (QED) is 0.145. The second-order valence-corrected chi connectivity index (χ2v) is 9.00. The number of carbonyl (C=O) groups excluding carboxylic acids is 1. The second-order valence-electron chi connectivity index (χ2n) is 7.99. The monoisotopic (exact) mass is 505 g/mol. The van der Waals surface area contributed by atoms with E-state index in [0.717, 1.165) is 16.9 Å². The SMILES string of the molecule is O=C1/C(=C/C=C/c2ccccc2)S/C(=N/N=C\c2cccc(Oc3ccccc3)c2)N1Cc1ccco1. The van der Waals surface area contributed by atoms with Crippen molar-refractivity contribution in [3.05, 3.63) is 137 Å². The van der Waals surface area contributed by atoms with Crippen molar-refractivity contribution in [2.24, 2.45) is 10.2 Å². The first-order valence-corrected chi connectivity index (χ1v) is 12.5. The third-order valence-corrected chi connectivity index (χ3v) is 6.32. The second kappa shape index (κ2) is 11.9. The Balaban J connectivity index is 1.34. The van der Waals surface area contributed by atoms with E-state index in [1.165, 1.54) is 11.8 Å². The Labute approximate surface area is 219 Å². The van der Waals surface area contributed by atoms with E-state index in [9.17, 15) is 4.79 Å². The van der Waals surface area contributed by atoms with Gasteiger partial charge in [0.05, 0.1) is 23.9 Å². The van der Waals surface area contributed by atoms with E-state index in [-0.39, 0.29) is 12.5 Å². The molecule has 0 unspecified atom stereocenters. The molecule has 1 fully saturated rings. The third-order valence-electron chi connectivity index (χ3n) is 5.31. The highest BCUT2D eigenvalue weighted by Crippen LogP contribution is 2.32. The van der Waals surface area contributed by atoms with Gasteiger partial charge in [-0.1, -0.05) is 72.8 Å². The maximum absolute atomic E-state index is 13.1. The lowest BCUT2D eigenvalue weighted by molar-refractivity contribution is -0.122. The Morgan fingerprint density at radius 2 is 1.62 bits per heavy atom. The summed E-state index contributed by atoms with van der Waals surface area (Å²) in [5.41, 5.74) is 1.88. The molecule has 0 aliphatic carbocycles. The Bertz CT molecular complexity index is 1460. The molecule has 1 saturated heterocycles. The summed E-state index contributed by atoms with van der Waals surface area (Å²) in [5.74, 6) is 1.97. The number of benzene rings is 3. The third kappa shape index (κ3) is 6.54. The number of amides is 1. The van der Waals surface area contributed by atoms with Gasteiger partial charge >= 0.3 is 0 Å². The van der Waals surface area contributed by atoms with Crippen LogP contribution in [-0.4, -0.2) is 22.2 Å². The molecule has 0 bridgehead atoms. The summed E-state index contributed by atoms with van der Waals surface area (Å²) < 4.78 is 11.4. The molecule has 0 saturated carbocycles. The topological polar surface area (TPSA) is 67.4 Å². The highest BCUT2D eigenvalue weighted by molar-refractivity contribution is 8.18. The molecule has 1 aliphatic heterocycles. The number of hydrogen-bond donors (Lipinski definition) is 0. The van der Waals surface area contributed by atoms with Gasteiger partial charge in [0.25, 0.3) is 5.91 Å². The van der Waals surface area contributed by atoms with Crippen LogP contribution in [-0.2, 0) is 11.3 Å². The van der Waals surface area contributed by atoms with Crippen LogP contribution < -0.4 is 4.74 Å². The van der Waals surface area contributed by atoms with Crippen molar-refractivity contribution >= 4 is 35.1 Å². The van der Waals surface area contributed by atoms with E-state index in [1.807, 2.05) is 103 Å². The molecule has 3 aromatic carbocycles. The van der Waals surface area contributed by atoms with Crippen LogP contribution in [0.4, 0.5) is 0 Å². The van der Waals surface area contributed by atoms with Crippen LogP contribution in [0, 0.1) is 0 Å². The number of hydrogen-bond acceptors (Lipinski definition) is 6. The van der Waals surface area contributed by atoms with Gasteiger partial charge in [0, 0.05) is 0 Å². The lowest BCUT2D eigenvalue weighted by atomic mass is 10.2. The van der Waals surface area contributed by atoms with Gasteiger partial charge in [-0.15, -0.1) is 5.10 Å². The highest BCUT2D eigenvalue weighted by atomic mass is 32.2. The van der Waals surface area contributed by atoms with Gasteiger partial charge < -0.3 is 9.15 Å². The smallest absolute Gasteiger partial charge is 0.267 e. The maximum atomic E-state index is 13.1. The zero-order valence-corrected chi connectivity index (χ0v) is 20.6. The summed E-state index contributed by atoms with van der Waals surface area (Å²) in [6, 6.07) is 30.7. The molecule has 1 amide bonds. The minimum atomic E-state index is -0.147. The van der Waals surface area contributed by atoms with Crippen LogP contribution in [0.3, 0.4) is 0 Å². The summed E-state index contributed by atoms with van der Waals surface area (Å²) in [6.07, 6.45) is 8.84. The van der Waals surface area contributed by atoms with E-state index >= 15 is 0 Å². The van der Waals surface area contributed by atoms with Crippen LogP contribution in [0.1, 0.15) is 16.9 Å². The fraction of sp³-hybridized carbons (Fsp3) is 0.0333. The number of allylic oxidation sites excluding steroid dienone is 2. The maximum Gasteiger partial charge on any atom is 0.267 e. The molecule has 0 spiro atoms. The molecule has 1 aromatic heterocycles. The Kier molecular flexibility index (Phi) is 7.73. The zero-order chi connectivity index (χ0) is 25.3. The van der Waals surface area contributed by atoms with Crippen LogP contribution in [0.15, 0.2) is 135 Å². The molecule has 6 nitrogen and oxygen atoms in total. The van der Waals surface area contributed by atoms with Crippen LogP contribution in [0.5, 0.6) is 11.5 Å². The minimum absolute atomic E-state index is 0.147.